The quantitative estimate of drug-likeness (QED) is 0.829. The first-order valence-corrected chi connectivity index (χ1v) is 5.18. The number of carboxylic acid groups (broad SMARTS) is 1. The van der Waals surface area contributed by atoms with E-state index in [1.54, 1.807) is 12.3 Å². The molecule has 0 saturated carbocycles. The monoisotopic (exact) mass is 228 g/mol. The smallest absolute Gasteiger partial charge is 0.409 e. The van der Waals surface area contributed by atoms with E-state index in [4.69, 9.17) is 5.11 Å². The number of nitrogens with one attached hydrogen (secondary N) is 1. The summed E-state index contributed by atoms with van der Waals surface area (Å²) in [5.74, 6) is 0. The number of amides is 1. The van der Waals surface area contributed by atoms with Gasteiger partial charge in [0.1, 0.15) is 0 Å². The maximum Gasteiger partial charge on any atom is 0.409 e. The number of anilines is 1. The van der Waals surface area contributed by atoms with Crippen LogP contribution in [0.3, 0.4) is 0 Å². The van der Waals surface area contributed by atoms with E-state index >= 15 is 0 Å². The summed E-state index contributed by atoms with van der Waals surface area (Å²) in [6.07, 6.45) is 2.07. The van der Waals surface area contributed by atoms with Crippen LogP contribution in [0, 0.1) is 6.92 Å². The van der Waals surface area contributed by atoms with Gasteiger partial charge in [-0.1, -0.05) is 24.3 Å². The second-order valence-corrected chi connectivity index (χ2v) is 3.67. The predicted molar refractivity (Wildman–Crippen MR) is 66.1 cm³/mol. The van der Waals surface area contributed by atoms with E-state index in [-0.39, 0.29) is 0 Å². The SMILES string of the molecule is Cc1ccccc1-c1ccncc1NC(=O)O. The van der Waals surface area contributed by atoms with Gasteiger partial charge in [0.2, 0.25) is 0 Å². The zero-order valence-corrected chi connectivity index (χ0v) is 9.34. The fourth-order valence-electron chi connectivity index (χ4n) is 1.72. The van der Waals surface area contributed by atoms with Crippen LogP contribution in [0.2, 0.25) is 0 Å². The molecule has 1 aromatic heterocycles. The lowest BCUT2D eigenvalue weighted by atomic mass is 10.0. The van der Waals surface area contributed by atoms with Crippen molar-refractivity contribution in [3.05, 3.63) is 48.3 Å². The van der Waals surface area contributed by atoms with Crippen LogP contribution in [0.5, 0.6) is 0 Å². The van der Waals surface area contributed by atoms with Crippen LogP contribution in [0.4, 0.5) is 10.5 Å². The summed E-state index contributed by atoms with van der Waals surface area (Å²) in [6.45, 7) is 1.99. The number of rotatable bonds is 2. The number of nitrogens with zero attached hydrogens (tertiary/aromatic N) is 1. The Morgan fingerprint density at radius 3 is 2.71 bits per heavy atom. The third-order valence-electron chi connectivity index (χ3n) is 2.50. The molecule has 0 saturated heterocycles. The molecule has 0 fully saturated rings. The van der Waals surface area contributed by atoms with E-state index in [1.807, 2.05) is 31.2 Å². The summed E-state index contributed by atoms with van der Waals surface area (Å²) < 4.78 is 0. The lowest BCUT2D eigenvalue weighted by molar-refractivity contribution is 0.210. The van der Waals surface area contributed by atoms with Gasteiger partial charge in [-0.05, 0) is 24.1 Å². The maximum absolute atomic E-state index is 10.7. The van der Waals surface area contributed by atoms with Crippen LogP contribution in [0.1, 0.15) is 5.56 Å². The average molecular weight is 228 g/mol. The van der Waals surface area contributed by atoms with Gasteiger partial charge in [0.15, 0.2) is 0 Å². The van der Waals surface area contributed by atoms with E-state index in [1.165, 1.54) is 6.20 Å². The van der Waals surface area contributed by atoms with Gasteiger partial charge in [0.05, 0.1) is 11.9 Å². The van der Waals surface area contributed by atoms with E-state index < -0.39 is 6.09 Å². The van der Waals surface area contributed by atoms with Crippen LogP contribution in [0.25, 0.3) is 11.1 Å². The normalized spacial score (nSPS) is 9.94. The Hall–Kier alpha value is -2.36. The summed E-state index contributed by atoms with van der Waals surface area (Å²) in [4.78, 5) is 14.6. The highest BCUT2D eigenvalue weighted by atomic mass is 16.4. The molecule has 4 nitrogen and oxygen atoms in total. The molecule has 1 amide bonds. The fourth-order valence-corrected chi connectivity index (χ4v) is 1.72. The molecular formula is C13H12N2O2. The summed E-state index contributed by atoms with van der Waals surface area (Å²) in [5.41, 5.74) is 3.42. The number of hydrogen-bond acceptors (Lipinski definition) is 2. The largest absolute Gasteiger partial charge is 0.465 e. The van der Waals surface area contributed by atoms with Crippen molar-refractivity contribution in [3.8, 4) is 11.1 Å². The average Bonchev–Trinajstić information content (AvgIpc) is 2.30. The Morgan fingerprint density at radius 1 is 1.24 bits per heavy atom. The number of aromatic nitrogens is 1. The Labute approximate surface area is 98.9 Å². The topological polar surface area (TPSA) is 62.2 Å². The minimum absolute atomic E-state index is 0.495. The third-order valence-corrected chi connectivity index (χ3v) is 2.50. The molecule has 2 rings (SSSR count). The Kier molecular flexibility index (Phi) is 3.05. The highest BCUT2D eigenvalue weighted by molar-refractivity contribution is 5.90. The van der Waals surface area contributed by atoms with Gasteiger partial charge in [-0.2, -0.15) is 0 Å². The van der Waals surface area contributed by atoms with Crippen LogP contribution in [0.15, 0.2) is 42.7 Å². The van der Waals surface area contributed by atoms with Crippen LogP contribution >= 0.6 is 0 Å². The van der Waals surface area contributed by atoms with E-state index in [2.05, 4.69) is 10.3 Å². The lowest BCUT2D eigenvalue weighted by Gasteiger charge is -2.10. The minimum atomic E-state index is -1.09. The number of aryl methyl sites for hydroxylation is 1. The van der Waals surface area contributed by atoms with Crippen LogP contribution in [-0.2, 0) is 0 Å². The zero-order valence-electron chi connectivity index (χ0n) is 9.34. The van der Waals surface area contributed by atoms with Gasteiger partial charge in [0.25, 0.3) is 0 Å². The van der Waals surface area contributed by atoms with E-state index in [0.29, 0.717) is 5.69 Å². The maximum atomic E-state index is 10.7. The second-order valence-electron chi connectivity index (χ2n) is 3.67. The standard InChI is InChI=1S/C13H12N2O2/c1-9-4-2-3-5-10(9)11-6-7-14-8-12(11)15-13(16)17/h2-8,15H,1H3,(H,16,17). The van der Waals surface area contributed by atoms with E-state index in [9.17, 15) is 4.79 Å². The van der Waals surface area contributed by atoms with Gasteiger partial charge < -0.3 is 5.11 Å². The van der Waals surface area contributed by atoms with Crippen molar-refractivity contribution in [2.24, 2.45) is 0 Å². The molecule has 17 heavy (non-hydrogen) atoms. The Balaban J connectivity index is 2.52. The molecule has 4 heteroatoms. The highest BCUT2D eigenvalue weighted by Gasteiger charge is 2.08. The third kappa shape index (κ3) is 2.42. The van der Waals surface area contributed by atoms with Crippen LogP contribution in [-0.4, -0.2) is 16.2 Å². The van der Waals surface area contributed by atoms with Gasteiger partial charge in [-0.25, -0.2) is 4.79 Å². The fraction of sp³-hybridized carbons (Fsp3) is 0.0769. The molecule has 0 unspecified atom stereocenters. The minimum Gasteiger partial charge on any atom is -0.465 e. The molecule has 0 spiro atoms. The number of carbonyl (C=O) groups is 1. The molecule has 1 heterocycles. The summed E-state index contributed by atoms with van der Waals surface area (Å²) >= 11 is 0. The zero-order chi connectivity index (χ0) is 12.3. The first-order valence-electron chi connectivity index (χ1n) is 5.18. The molecule has 0 atom stereocenters. The van der Waals surface area contributed by atoms with Gasteiger partial charge >= 0.3 is 6.09 Å². The summed E-state index contributed by atoms with van der Waals surface area (Å²) in [6, 6.07) is 9.61. The highest BCUT2D eigenvalue weighted by Crippen LogP contribution is 2.29. The molecule has 0 aliphatic carbocycles. The molecule has 86 valence electrons. The van der Waals surface area contributed by atoms with Gasteiger partial charge in [-0.15, -0.1) is 0 Å². The van der Waals surface area contributed by atoms with E-state index in [0.717, 1.165) is 16.7 Å². The van der Waals surface area contributed by atoms with Crippen molar-refractivity contribution in [2.45, 2.75) is 6.92 Å². The first kappa shape index (κ1) is 11.1. The Bertz CT molecular complexity index is 553. The predicted octanol–water partition coefficient (Wildman–Crippen LogP) is 3.15. The van der Waals surface area contributed by atoms with Crippen molar-refractivity contribution >= 4 is 11.8 Å². The van der Waals surface area contributed by atoms with Crippen molar-refractivity contribution in [3.63, 3.8) is 0 Å². The van der Waals surface area contributed by atoms with Crippen molar-refractivity contribution in [1.82, 2.24) is 4.98 Å². The summed E-state index contributed by atoms with van der Waals surface area (Å²) in [7, 11) is 0. The number of benzene rings is 1. The summed E-state index contributed by atoms with van der Waals surface area (Å²) in [5, 5.41) is 11.1. The number of pyridine rings is 1. The van der Waals surface area contributed by atoms with Crippen molar-refractivity contribution in [2.75, 3.05) is 5.32 Å². The molecule has 0 bridgehead atoms. The van der Waals surface area contributed by atoms with Gasteiger partial charge in [-0.3, -0.25) is 10.3 Å². The van der Waals surface area contributed by atoms with Crippen LogP contribution < -0.4 is 5.32 Å². The lowest BCUT2D eigenvalue weighted by Crippen LogP contribution is -2.08. The van der Waals surface area contributed by atoms with Gasteiger partial charge in [0, 0.05) is 11.8 Å². The molecule has 2 N–H and O–H groups in total. The molecule has 0 radical (unpaired) electrons. The molecule has 1 aromatic carbocycles. The number of hydrogen-bond donors (Lipinski definition) is 2. The molecule has 0 aliphatic rings. The molecule has 0 aliphatic heterocycles. The molecular weight excluding hydrogens is 216 g/mol. The van der Waals surface area contributed by atoms with Crippen molar-refractivity contribution < 1.29 is 9.90 Å². The second kappa shape index (κ2) is 4.65. The van der Waals surface area contributed by atoms with Crippen molar-refractivity contribution in [1.29, 1.82) is 0 Å². The first-order chi connectivity index (χ1) is 8.18. The Morgan fingerprint density at radius 2 is 2.00 bits per heavy atom. The molecule has 2 aromatic rings.